The molecule has 4 rings (SSSR count). The van der Waals surface area contributed by atoms with Gasteiger partial charge in [0.25, 0.3) is 0 Å². The lowest BCUT2D eigenvalue weighted by molar-refractivity contribution is -0.924. The first-order valence-corrected chi connectivity index (χ1v) is 10.9. The van der Waals surface area contributed by atoms with E-state index < -0.39 is 0 Å². The Morgan fingerprint density at radius 1 is 1.03 bits per heavy atom. The molecule has 1 aromatic heterocycles. The number of piperazine rings is 1. The topological polar surface area (TPSA) is 39.7 Å². The van der Waals surface area contributed by atoms with E-state index in [2.05, 4.69) is 53.6 Å². The average molecular weight is 425 g/mol. The van der Waals surface area contributed by atoms with Crippen molar-refractivity contribution in [2.75, 3.05) is 38.2 Å². The molecule has 7 heteroatoms. The van der Waals surface area contributed by atoms with Crippen LogP contribution in [-0.4, -0.2) is 47.6 Å². The number of hydrogen-bond donors (Lipinski definition) is 1. The van der Waals surface area contributed by atoms with Gasteiger partial charge in [-0.1, -0.05) is 18.2 Å². The van der Waals surface area contributed by atoms with Crippen LogP contribution in [0.3, 0.4) is 0 Å². The van der Waals surface area contributed by atoms with E-state index in [4.69, 9.17) is 22.1 Å². The third kappa shape index (κ3) is 4.27. The maximum atomic E-state index is 5.82. The van der Waals surface area contributed by atoms with Crippen LogP contribution in [0, 0.1) is 4.77 Å². The van der Waals surface area contributed by atoms with Crippen molar-refractivity contribution >= 4 is 17.9 Å². The molecule has 0 atom stereocenters. The predicted molar refractivity (Wildman–Crippen MR) is 123 cm³/mol. The number of nitrogens with zero attached hydrogens (tertiary/aromatic N) is 4. The standard InChI is InChI=1S/C23H29N5OS/c1-18(2)28-22(19-9-11-21(29-3)12-10-19)24-27(23(28)30)17-25-13-15-26(16-14-25)20-7-5-4-6-8-20/h4-12,18H,13-17H2,1-3H3/p+1. The first-order chi connectivity index (χ1) is 14.6. The predicted octanol–water partition coefficient (Wildman–Crippen LogP) is 3.03. The molecule has 3 aromatic rings. The van der Waals surface area contributed by atoms with Crippen molar-refractivity contribution in [1.29, 1.82) is 0 Å². The van der Waals surface area contributed by atoms with E-state index in [0.717, 1.165) is 54.8 Å². The van der Waals surface area contributed by atoms with Crippen molar-refractivity contribution in [3.8, 4) is 17.1 Å². The summed E-state index contributed by atoms with van der Waals surface area (Å²) in [6.45, 7) is 9.34. The van der Waals surface area contributed by atoms with Gasteiger partial charge in [0.05, 0.1) is 33.3 Å². The Kier molecular flexibility index (Phi) is 6.20. The van der Waals surface area contributed by atoms with Crippen molar-refractivity contribution in [2.24, 2.45) is 0 Å². The first kappa shape index (κ1) is 20.6. The van der Waals surface area contributed by atoms with Crippen LogP contribution in [0.4, 0.5) is 5.69 Å². The number of para-hydroxylation sites is 1. The maximum Gasteiger partial charge on any atom is 0.203 e. The molecule has 0 saturated carbocycles. The third-order valence-electron chi connectivity index (χ3n) is 5.70. The Hall–Kier alpha value is -2.64. The minimum absolute atomic E-state index is 0.244. The highest BCUT2D eigenvalue weighted by atomic mass is 32.1. The Morgan fingerprint density at radius 2 is 1.70 bits per heavy atom. The zero-order chi connectivity index (χ0) is 21.1. The molecule has 0 unspecified atom stereocenters. The quantitative estimate of drug-likeness (QED) is 0.618. The van der Waals surface area contributed by atoms with Gasteiger partial charge in [-0.15, -0.1) is 5.10 Å². The number of hydrogen-bond acceptors (Lipinski definition) is 4. The molecule has 158 valence electrons. The molecule has 0 aliphatic carbocycles. The monoisotopic (exact) mass is 424 g/mol. The van der Waals surface area contributed by atoms with Gasteiger partial charge in [0.1, 0.15) is 5.75 Å². The molecule has 2 heterocycles. The van der Waals surface area contributed by atoms with Crippen LogP contribution < -0.4 is 14.5 Å². The van der Waals surface area contributed by atoms with Crippen LogP contribution in [0.2, 0.25) is 0 Å². The molecular formula is C23H30N5OS+. The zero-order valence-corrected chi connectivity index (χ0v) is 18.7. The van der Waals surface area contributed by atoms with Gasteiger partial charge in [-0.05, 0) is 62.5 Å². The molecule has 6 nitrogen and oxygen atoms in total. The number of quaternary nitrogens is 1. The summed E-state index contributed by atoms with van der Waals surface area (Å²) in [6, 6.07) is 18.9. The molecule has 1 N–H and O–H groups in total. The Labute approximate surface area is 183 Å². The van der Waals surface area contributed by atoms with Crippen LogP contribution in [0.1, 0.15) is 19.9 Å². The Morgan fingerprint density at radius 3 is 2.30 bits per heavy atom. The van der Waals surface area contributed by atoms with Crippen LogP contribution in [-0.2, 0) is 6.67 Å². The summed E-state index contributed by atoms with van der Waals surface area (Å²) in [5.41, 5.74) is 2.36. The Balaban J connectivity index is 1.51. The number of ether oxygens (including phenoxy) is 1. The van der Waals surface area contributed by atoms with Crippen LogP contribution in [0.5, 0.6) is 5.75 Å². The number of rotatable bonds is 6. The van der Waals surface area contributed by atoms with Gasteiger partial charge < -0.3 is 14.5 Å². The molecule has 1 aliphatic rings. The molecule has 0 spiro atoms. The van der Waals surface area contributed by atoms with Gasteiger partial charge in [-0.2, -0.15) is 4.68 Å². The van der Waals surface area contributed by atoms with E-state index >= 15 is 0 Å². The van der Waals surface area contributed by atoms with Gasteiger partial charge >= 0.3 is 0 Å². The van der Waals surface area contributed by atoms with Crippen molar-refractivity contribution < 1.29 is 9.64 Å². The van der Waals surface area contributed by atoms with Crippen molar-refractivity contribution in [2.45, 2.75) is 26.6 Å². The van der Waals surface area contributed by atoms with E-state index in [1.807, 2.05) is 28.9 Å². The fourth-order valence-electron chi connectivity index (χ4n) is 4.02. The summed E-state index contributed by atoms with van der Waals surface area (Å²) in [4.78, 5) is 3.96. The Bertz CT molecular complexity index is 1020. The summed E-state index contributed by atoms with van der Waals surface area (Å²) in [7, 11) is 1.68. The minimum Gasteiger partial charge on any atom is -0.497 e. The van der Waals surface area contributed by atoms with E-state index in [9.17, 15) is 0 Å². The number of aromatic nitrogens is 3. The molecule has 1 fully saturated rings. The van der Waals surface area contributed by atoms with Gasteiger partial charge in [0, 0.05) is 17.3 Å². The van der Waals surface area contributed by atoms with Crippen LogP contribution in [0.25, 0.3) is 11.4 Å². The molecule has 0 radical (unpaired) electrons. The fourth-order valence-corrected chi connectivity index (χ4v) is 4.42. The molecule has 2 aromatic carbocycles. The SMILES string of the molecule is COc1ccc(-c2nn(C[NH+]3CCN(c4ccccc4)CC3)c(=S)n2C(C)C)cc1. The van der Waals surface area contributed by atoms with Crippen LogP contribution in [0.15, 0.2) is 54.6 Å². The average Bonchev–Trinajstić information content (AvgIpc) is 3.11. The summed E-state index contributed by atoms with van der Waals surface area (Å²) < 4.78 is 10.2. The van der Waals surface area contributed by atoms with E-state index in [1.165, 1.54) is 10.6 Å². The lowest BCUT2D eigenvalue weighted by Crippen LogP contribution is -3.14. The van der Waals surface area contributed by atoms with Crippen molar-refractivity contribution in [1.82, 2.24) is 14.3 Å². The lowest BCUT2D eigenvalue weighted by atomic mass is 10.2. The highest BCUT2D eigenvalue weighted by Gasteiger charge is 2.23. The molecule has 1 aliphatic heterocycles. The highest BCUT2D eigenvalue weighted by molar-refractivity contribution is 7.71. The number of anilines is 1. The molecule has 0 bridgehead atoms. The van der Waals surface area contributed by atoms with Gasteiger partial charge in [0.15, 0.2) is 12.5 Å². The first-order valence-electron chi connectivity index (χ1n) is 10.5. The second-order valence-corrected chi connectivity index (χ2v) is 8.39. The second kappa shape index (κ2) is 9.02. The third-order valence-corrected chi connectivity index (χ3v) is 6.11. The summed E-state index contributed by atoms with van der Waals surface area (Å²) >= 11 is 5.82. The smallest absolute Gasteiger partial charge is 0.203 e. The van der Waals surface area contributed by atoms with Crippen molar-refractivity contribution in [3.63, 3.8) is 0 Å². The van der Waals surface area contributed by atoms with Gasteiger partial charge in [-0.25, -0.2) is 0 Å². The number of methoxy groups -OCH3 is 1. The lowest BCUT2D eigenvalue weighted by Gasteiger charge is -2.33. The molecule has 30 heavy (non-hydrogen) atoms. The fraction of sp³-hybridized carbons (Fsp3) is 0.391. The van der Waals surface area contributed by atoms with Crippen molar-refractivity contribution in [3.05, 3.63) is 59.4 Å². The summed E-state index contributed by atoms with van der Waals surface area (Å²) in [6.07, 6.45) is 0. The second-order valence-electron chi connectivity index (χ2n) is 8.03. The zero-order valence-electron chi connectivity index (χ0n) is 17.9. The number of benzene rings is 2. The van der Waals surface area contributed by atoms with E-state index in [1.54, 1.807) is 7.11 Å². The highest BCUT2D eigenvalue weighted by Crippen LogP contribution is 2.24. The molecule has 0 amide bonds. The van der Waals surface area contributed by atoms with Gasteiger partial charge in [0.2, 0.25) is 4.77 Å². The summed E-state index contributed by atoms with van der Waals surface area (Å²) in [5.74, 6) is 1.76. The largest absolute Gasteiger partial charge is 0.497 e. The van der Waals surface area contributed by atoms with E-state index in [-0.39, 0.29) is 6.04 Å². The number of nitrogens with one attached hydrogen (secondary N) is 1. The molecular weight excluding hydrogens is 394 g/mol. The van der Waals surface area contributed by atoms with E-state index in [0.29, 0.717) is 0 Å². The van der Waals surface area contributed by atoms with Crippen LogP contribution >= 0.6 is 12.2 Å². The summed E-state index contributed by atoms with van der Waals surface area (Å²) in [5, 5.41) is 4.93. The minimum atomic E-state index is 0.244. The molecule has 1 saturated heterocycles. The normalized spacial score (nSPS) is 15.0. The van der Waals surface area contributed by atoms with Gasteiger partial charge in [-0.3, -0.25) is 4.57 Å². The maximum absolute atomic E-state index is 5.82.